The van der Waals surface area contributed by atoms with Gasteiger partial charge in [0.1, 0.15) is 5.76 Å². The third-order valence-corrected chi connectivity index (χ3v) is 3.72. The molecule has 2 atom stereocenters. The Morgan fingerprint density at radius 1 is 1.10 bits per heavy atom. The Balaban J connectivity index is 1.92. The van der Waals surface area contributed by atoms with Crippen LogP contribution in [0.4, 0.5) is 0 Å². The second kappa shape index (κ2) is 5.82. The average Bonchev–Trinajstić information content (AvgIpc) is 2.81. The van der Waals surface area contributed by atoms with Gasteiger partial charge in [0.2, 0.25) is 0 Å². The molecule has 2 aromatic rings. The minimum atomic E-state index is 0.0806. The Morgan fingerprint density at radius 2 is 1.86 bits per heavy atom. The van der Waals surface area contributed by atoms with E-state index in [1.807, 2.05) is 26.1 Å². The van der Waals surface area contributed by atoms with E-state index < -0.39 is 0 Å². The molecule has 0 spiro atoms. The maximum absolute atomic E-state index is 5.86. The third-order valence-electron chi connectivity index (χ3n) is 3.72. The summed E-state index contributed by atoms with van der Waals surface area (Å²) in [5, 5.41) is 3.32. The predicted molar refractivity (Wildman–Crippen MR) is 80.9 cm³/mol. The smallest absolute Gasteiger partial charge is 0.161 e. The van der Waals surface area contributed by atoms with Gasteiger partial charge >= 0.3 is 0 Å². The van der Waals surface area contributed by atoms with Crippen molar-refractivity contribution in [3.05, 3.63) is 47.4 Å². The number of rotatable bonds is 3. The molecule has 3 rings (SSSR count). The molecule has 0 saturated carbocycles. The number of aryl methyl sites for hydroxylation is 1. The number of hydrogen-bond acceptors (Lipinski definition) is 4. The molecular formula is C17H21NO3. The monoisotopic (exact) mass is 287 g/mol. The molecule has 0 fully saturated rings. The van der Waals surface area contributed by atoms with Crippen molar-refractivity contribution in [2.75, 3.05) is 20.3 Å². The normalized spacial score (nSPS) is 19.1. The molecule has 1 aliphatic rings. The fourth-order valence-corrected chi connectivity index (χ4v) is 2.59. The number of furan rings is 1. The maximum atomic E-state index is 5.86. The van der Waals surface area contributed by atoms with E-state index in [4.69, 9.17) is 13.9 Å². The first-order chi connectivity index (χ1) is 10.2. The van der Waals surface area contributed by atoms with E-state index in [0.29, 0.717) is 19.1 Å². The first-order valence-corrected chi connectivity index (χ1v) is 7.29. The minimum Gasteiger partial charge on any atom is -0.489 e. The summed E-state index contributed by atoms with van der Waals surface area (Å²) >= 11 is 0. The molecule has 1 N–H and O–H groups in total. The highest BCUT2D eigenvalue weighted by molar-refractivity contribution is 5.46. The van der Waals surface area contributed by atoms with Crippen molar-refractivity contribution < 1.29 is 13.9 Å². The summed E-state index contributed by atoms with van der Waals surface area (Å²) in [5.74, 6) is 2.95. The van der Waals surface area contributed by atoms with Gasteiger partial charge in [0.05, 0.1) is 25.5 Å². The van der Waals surface area contributed by atoms with E-state index in [1.54, 1.807) is 6.26 Å². The van der Waals surface area contributed by atoms with Gasteiger partial charge in [-0.05, 0) is 37.7 Å². The van der Waals surface area contributed by atoms with Crippen LogP contribution >= 0.6 is 0 Å². The molecule has 2 unspecified atom stereocenters. The van der Waals surface area contributed by atoms with E-state index in [9.17, 15) is 0 Å². The highest BCUT2D eigenvalue weighted by Gasteiger charge is 2.19. The Kier molecular flexibility index (Phi) is 3.88. The van der Waals surface area contributed by atoms with Crippen LogP contribution in [0.25, 0.3) is 0 Å². The molecule has 4 nitrogen and oxygen atoms in total. The van der Waals surface area contributed by atoms with Crippen molar-refractivity contribution in [2.45, 2.75) is 19.9 Å². The van der Waals surface area contributed by atoms with Crippen LogP contribution in [0.1, 0.15) is 29.9 Å². The summed E-state index contributed by atoms with van der Waals surface area (Å²) in [4.78, 5) is 0. The van der Waals surface area contributed by atoms with Gasteiger partial charge < -0.3 is 19.2 Å². The fourth-order valence-electron chi connectivity index (χ4n) is 2.59. The van der Waals surface area contributed by atoms with E-state index in [1.165, 1.54) is 0 Å². The summed E-state index contributed by atoms with van der Waals surface area (Å²) in [5.41, 5.74) is 2.24. The zero-order chi connectivity index (χ0) is 14.8. The number of nitrogens with one attached hydrogen (secondary N) is 1. The molecule has 2 heterocycles. The molecule has 0 aliphatic carbocycles. The molecule has 0 bridgehead atoms. The lowest BCUT2D eigenvalue weighted by Crippen LogP contribution is -2.17. The summed E-state index contributed by atoms with van der Waals surface area (Å²) < 4.78 is 17.1. The quantitative estimate of drug-likeness (QED) is 0.940. The molecule has 4 heteroatoms. The van der Waals surface area contributed by atoms with Crippen molar-refractivity contribution in [3.63, 3.8) is 0 Å². The number of hydrogen-bond donors (Lipinski definition) is 1. The third kappa shape index (κ3) is 2.90. The number of fused-ring (bicyclic) bond motifs is 1. The lowest BCUT2D eigenvalue weighted by Gasteiger charge is -2.17. The summed E-state index contributed by atoms with van der Waals surface area (Å²) in [6, 6.07) is 8.24. The van der Waals surface area contributed by atoms with Crippen LogP contribution in [0, 0.1) is 12.8 Å². The average molecular weight is 287 g/mol. The fraction of sp³-hybridized carbons (Fsp3) is 0.412. The van der Waals surface area contributed by atoms with Gasteiger partial charge in [-0.15, -0.1) is 0 Å². The zero-order valence-electron chi connectivity index (χ0n) is 12.7. The lowest BCUT2D eigenvalue weighted by atomic mass is 10.0. The maximum Gasteiger partial charge on any atom is 0.161 e. The van der Waals surface area contributed by atoms with Crippen LogP contribution in [-0.2, 0) is 0 Å². The standard InChI is InChI=1S/C17H21NO3/c1-11-8-20-15-5-4-13(7-16(15)21-9-11)17(18-3)14-6-12(2)19-10-14/h4-7,10-11,17-18H,8-9H2,1-3H3. The van der Waals surface area contributed by atoms with Crippen molar-refractivity contribution in [1.82, 2.24) is 5.32 Å². The second-order valence-corrected chi connectivity index (χ2v) is 5.65. The molecule has 1 aromatic heterocycles. The molecule has 0 radical (unpaired) electrons. The van der Waals surface area contributed by atoms with E-state index in [2.05, 4.69) is 24.4 Å². The van der Waals surface area contributed by atoms with Crippen molar-refractivity contribution in [3.8, 4) is 11.5 Å². The summed E-state index contributed by atoms with van der Waals surface area (Å²) in [6.45, 7) is 5.46. The van der Waals surface area contributed by atoms with E-state index in [-0.39, 0.29) is 6.04 Å². The number of benzene rings is 1. The Morgan fingerprint density at radius 3 is 2.52 bits per heavy atom. The van der Waals surface area contributed by atoms with Crippen LogP contribution in [0.2, 0.25) is 0 Å². The first-order valence-electron chi connectivity index (χ1n) is 7.29. The Labute approximate surface area is 125 Å². The van der Waals surface area contributed by atoms with Crippen molar-refractivity contribution in [1.29, 1.82) is 0 Å². The summed E-state index contributed by atoms with van der Waals surface area (Å²) in [6.07, 6.45) is 1.79. The molecular weight excluding hydrogens is 266 g/mol. The number of ether oxygens (including phenoxy) is 2. The van der Waals surface area contributed by atoms with Gasteiger partial charge in [0.15, 0.2) is 11.5 Å². The van der Waals surface area contributed by atoms with Crippen LogP contribution in [-0.4, -0.2) is 20.3 Å². The van der Waals surface area contributed by atoms with Gasteiger partial charge in [-0.3, -0.25) is 0 Å². The Hall–Kier alpha value is -1.94. The molecule has 1 aromatic carbocycles. The van der Waals surface area contributed by atoms with Crippen LogP contribution in [0.5, 0.6) is 11.5 Å². The highest BCUT2D eigenvalue weighted by atomic mass is 16.5. The van der Waals surface area contributed by atoms with E-state index >= 15 is 0 Å². The van der Waals surface area contributed by atoms with Gasteiger partial charge in [-0.25, -0.2) is 0 Å². The zero-order valence-corrected chi connectivity index (χ0v) is 12.7. The molecule has 21 heavy (non-hydrogen) atoms. The van der Waals surface area contributed by atoms with Gasteiger partial charge in [-0.2, -0.15) is 0 Å². The Bertz CT molecular complexity index is 620. The van der Waals surface area contributed by atoms with Crippen LogP contribution in [0.3, 0.4) is 0 Å². The second-order valence-electron chi connectivity index (χ2n) is 5.65. The largest absolute Gasteiger partial charge is 0.489 e. The van der Waals surface area contributed by atoms with Crippen molar-refractivity contribution in [2.24, 2.45) is 5.92 Å². The topological polar surface area (TPSA) is 43.6 Å². The van der Waals surface area contributed by atoms with Gasteiger partial charge in [0.25, 0.3) is 0 Å². The van der Waals surface area contributed by atoms with Crippen molar-refractivity contribution >= 4 is 0 Å². The highest BCUT2D eigenvalue weighted by Crippen LogP contribution is 2.34. The van der Waals surface area contributed by atoms with Crippen LogP contribution < -0.4 is 14.8 Å². The first kappa shape index (κ1) is 14.0. The molecule has 0 amide bonds. The molecule has 1 aliphatic heterocycles. The van der Waals surface area contributed by atoms with Gasteiger partial charge in [-0.1, -0.05) is 13.0 Å². The van der Waals surface area contributed by atoms with Crippen LogP contribution in [0.15, 0.2) is 34.9 Å². The molecule has 112 valence electrons. The minimum absolute atomic E-state index is 0.0806. The van der Waals surface area contributed by atoms with E-state index in [0.717, 1.165) is 28.4 Å². The SMILES string of the molecule is CNC(c1coc(C)c1)c1ccc2c(c1)OCC(C)CO2. The molecule has 0 saturated heterocycles. The van der Waals surface area contributed by atoms with Gasteiger partial charge in [0, 0.05) is 11.5 Å². The lowest BCUT2D eigenvalue weighted by molar-refractivity contribution is 0.228. The summed E-state index contributed by atoms with van der Waals surface area (Å²) in [7, 11) is 1.94. The predicted octanol–water partition coefficient (Wildman–Crippen LogP) is 3.30.